The molecule has 4 heteroatoms. The maximum atomic E-state index is 11.6. The van der Waals surface area contributed by atoms with E-state index in [0.29, 0.717) is 12.3 Å². The van der Waals surface area contributed by atoms with Gasteiger partial charge in [-0.3, -0.25) is 20.4 Å². The number of hydrogen-bond acceptors (Lipinski definition) is 2. The lowest BCUT2D eigenvalue weighted by atomic mass is 10.0. The van der Waals surface area contributed by atoms with Crippen molar-refractivity contribution in [2.45, 2.75) is 66.2 Å². The molecule has 0 aliphatic rings. The SMILES string of the molecule is CCCCC(C)C(=O)NNC(=O)CC(C)CCC. The molecule has 106 valence electrons. The number of unbranched alkanes of at least 4 members (excludes halogenated alkanes) is 1. The summed E-state index contributed by atoms with van der Waals surface area (Å²) >= 11 is 0. The second-order valence-corrected chi connectivity index (χ2v) is 5.18. The number of nitrogens with one attached hydrogen (secondary N) is 2. The Morgan fingerprint density at radius 3 is 2.22 bits per heavy atom. The standard InChI is InChI=1S/C14H28N2O2/c1-5-7-9-12(4)14(18)16-15-13(17)10-11(3)8-6-2/h11-12H,5-10H2,1-4H3,(H,15,17)(H,16,18). The Balaban J connectivity index is 3.80. The van der Waals surface area contributed by atoms with Crippen LogP contribution in [0.1, 0.15) is 66.2 Å². The van der Waals surface area contributed by atoms with Gasteiger partial charge in [-0.15, -0.1) is 0 Å². The summed E-state index contributed by atoms with van der Waals surface area (Å²) in [5, 5.41) is 0. The van der Waals surface area contributed by atoms with Gasteiger partial charge in [0.05, 0.1) is 0 Å². The van der Waals surface area contributed by atoms with Crippen molar-refractivity contribution in [1.82, 2.24) is 10.9 Å². The third-order valence-corrected chi connectivity index (χ3v) is 3.08. The van der Waals surface area contributed by atoms with Crippen LogP contribution in [0.3, 0.4) is 0 Å². The van der Waals surface area contributed by atoms with E-state index >= 15 is 0 Å². The van der Waals surface area contributed by atoms with Crippen molar-refractivity contribution in [3.05, 3.63) is 0 Å². The number of amides is 2. The molecule has 0 aliphatic carbocycles. The van der Waals surface area contributed by atoms with Crippen LogP contribution >= 0.6 is 0 Å². The van der Waals surface area contributed by atoms with Gasteiger partial charge in [-0.2, -0.15) is 0 Å². The van der Waals surface area contributed by atoms with E-state index in [-0.39, 0.29) is 17.7 Å². The van der Waals surface area contributed by atoms with Crippen molar-refractivity contribution < 1.29 is 9.59 Å². The van der Waals surface area contributed by atoms with Gasteiger partial charge in [0.15, 0.2) is 0 Å². The van der Waals surface area contributed by atoms with E-state index < -0.39 is 0 Å². The molecule has 0 spiro atoms. The lowest BCUT2D eigenvalue weighted by Crippen LogP contribution is -2.44. The largest absolute Gasteiger partial charge is 0.273 e. The normalized spacial score (nSPS) is 13.8. The van der Waals surface area contributed by atoms with Gasteiger partial charge in [-0.1, -0.05) is 53.4 Å². The van der Waals surface area contributed by atoms with Gasteiger partial charge in [0.2, 0.25) is 11.8 Å². The zero-order chi connectivity index (χ0) is 14.0. The fourth-order valence-electron chi connectivity index (χ4n) is 1.86. The Hall–Kier alpha value is -1.06. The first-order valence-electron chi connectivity index (χ1n) is 7.09. The van der Waals surface area contributed by atoms with Crippen LogP contribution in [0, 0.1) is 11.8 Å². The highest BCUT2D eigenvalue weighted by atomic mass is 16.2. The van der Waals surface area contributed by atoms with E-state index in [1.54, 1.807) is 0 Å². The summed E-state index contributed by atoms with van der Waals surface area (Å²) in [6, 6.07) is 0. The number of carbonyl (C=O) groups excluding carboxylic acids is 2. The van der Waals surface area contributed by atoms with Gasteiger partial charge >= 0.3 is 0 Å². The molecule has 0 heterocycles. The van der Waals surface area contributed by atoms with Gasteiger partial charge in [0, 0.05) is 12.3 Å². The quantitative estimate of drug-likeness (QED) is 0.656. The fourth-order valence-corrected chi connectivity index (χ4v) is 1.86. The minimum absolute atomic E-state index is 0.0432. The highest BCUT2D eigenvalue weighted by Gasteiger charge is 2.13. The summed E-state index contributed by atoms with van der Waals surface area (Å²) in [6.45, 7) is 8.14. The Morgan fingerprint density at radius 2 is 1.67 bits per heavy atom. The smallest absolute Gasteiger partial charge is 0.241 e. The maximum Gasteiger partial charge on any atom is 0.241 e. The number of carbonyl (C=O) groups is 2. The van der Waals surface area contributed by atoms with E-state index in [2.05, 4.69) is 31.6 Å². The highest BCUT2D eigenvalue weighted by molar-refractivity contribution is 5.83. The summed E-state index contributed by atoms with van der Waals surface area (Å²) in [5.74, 6) is 0.120. The molecule has 2 N–H and O–H groups in total. The van der Waals surface area contributed by atoms with Crippen LogP contribution in [-0.2, 0) is 9.59 Å². The lowest BCUT2D eigenvalue weighted by molar-refractivity contribution is -0.131. The number of hydrazine groups is 1. The fraction of sp³-hybridized carbons (Fsp3) is 0.857. The zero-order valence-corrected chi connectivity index (χ0v) is 12.2. The predicted molar refractivity (Wildman–Crippen MR) is 73.7 cm³/mol. The Kier molecular flexibility index (Phi) is 9.33. The molecule has 18 heavy (non-hydrogen) atoms. The Morgan fingerprint density at radius 1 is 1.00 bits per heavy atom. The third kappa shape index (κ3) is 8.09. The molecule has 0 aromatic heterocycles. The first-order valence-corrected chi connectivity index (χ1v) is 7.09. The van der Waals surface area contributed by atoms with Crippen molar-refractivity contribution in [3.63, 3.8) is 0 Å². The third-order valence-electron chi connectivity index (χ3n) is 3.08. The number of hydrogen-bond donors (Lipinski definition) is 2. The van der Waals surface area contributed by atoms with E-state index in [0.717, 1.165) is 32.1 Å². The van der Waals surface area contributed by atoms with Crippen LogP contribution in [0.25, 0.3) is 0 Å². The molecule has 0 bridgehead atoms. The lowest BCUT2D eigenvalue weighted by Gasteiger charge is -2.14. The van der Waals surface area contributed by atoms with E-state index in [4.69, 9.17) is 0 Å². The summed E-state index contributed by atoms with van der Waals surface area (Å²) in [5.41, 5.74) is 4.99. The maximum absolute atomic E-state index is 11.6. The molecular formula is C14H28N2O2. The van der Waals surface area contributed by atoms with Gasteiger partial charge in [0.25, 0.3) is 0 Å². The Bertz CT molecular complexity index is 254. The molecule has 0 saturated carbocycles. The summed E-state index contributed by atoms with van der Waals surface area (Å²) < 4.78 is 0. The highest BCUT2D eigenvalue weighted by Crippen LogP contribution is 2.09. The summed E-state index contributed by atoms with van der Waals surface area (Å²) in [7, 11) is 0. The second kappa shape index (κ2) is 9.92. The minimum atomic E-state index is -0.105. The Labute approximate surface area is 111 Å². The van der Waals surface area contributed by atoms with Crippen LogP contribution in [-0.4, -0.2) is 11.8 Å². The summed E-state index contributed by atoms with van der Waals surface area (Å²) in [4.78, 5) is 23.2. The van der Waals surface area contributed by atoms with Crippen LogP contribution in [0.15, 0.2) is 0 Å². The molecule has 0 radical (unpaired) electrons. The molecule has 4 nitrogen and oxygen atoms in total. The number of rotatable bonds is 8. The van der Waals surface area contributed by atoms with Crippen molar-refractivity contribution in [3.8, 4) is 0 Å². The monoisotopic (exact) mass is 256 g/mol. The average molecular weight is 256 g/mol. The minimum Gasteiger partial charge on any atom is -0.273 e. The molecular weight excluding hydrogens is 228 g/mol. The van der Waals surface area contributed by atoms with Crippen molar-refractivity contribution in [2.24, 2.45) is 11.8 Å². The van der Waals surface area contributed by atoms with Crippen LogP contribution in [0.4, 0.5) is 0 Å². The molecule has 2 amide bonds. The molecule has 0 saturated heterocycles. The van der Waals surface area contributed by atoms with Gasteiger partial charge in [-0.05, 0) is 12.3 Å². The summed E-state index contributed by atoms with van der Waals surface area (Å²) in [6.07, 6.45) is 5.57. The van der Waals surface area contributed by atoms with E-state index in [9.17, 15) is 9.59 Å². The molecule has 0 aliphatic heterocycles. The van der Waals surface area contributed by atoms with Crippen molar-refractivity contribution in [2.75, 3.05) is 0 Å². The predicted octanol–water partition coefficient (Wildman–Crippen LogP) is 2.79. The molecule has 0 rings (SSSR count). The van der Waals surface area contributed by atoms with Crippen molar-refractivity contribution in [1.29, 1.82) is 0 Å². The first-order chi connectivity index (χ1) is 8.51. The molecule has 2 atom stereocenters. The average Bonchev–Trinajstić information content (AvgIpc) is 2.33. The second-order valence-electron chi connectivity index (χ2n) is 5.18. The van der Waals surface area contributed by atoms with E-state index in [1.807, 2.05) is 6.92 Å². The van der Waals surface area contributed by atoms with Crippen LogP contribution in [0.2, 0.25) is 0 Å². The first kappa shape index (κ1) is 16.9. The zero-order valence-electron chi connectivity index (χ0n) is 12.2. The topological polar surface area (TPSA) is 58.2 Å². The molecule has 0 fully saturated rings. The van der Waals surface area contributed by atoms with Gasteiger partial charge in [0.1, 0.15) is 0 Å². The van der Waals surface area contributed by atoms with Crippen LogP contribution in [0.5, 0.6) is 0 Å². The molecule has 2 unspecified atom stereocenters. The van der Waals surface area contributed by atoms with E-state index in [1.165, 1.54) is 0 Å². The molecule has 0 aromatic carbocycles. The van der Waals surface area contributed by atoms with Gasteiger partial charge in [-0.25, -0.2) is 0 Å². The van der Waals surface area contributed by atoms with Crippen molar-refractivity contribution >= 4 is 11.8 Å². The van der Waals surface area contributed by atoms with Crippen LogP contribution < -0.4 is 10.9 Å². The molecule has 0 aromatic rings. The van der Waals surface area contributed by atoms with Gasteiger partial charge < -0.3 is 0 Å².